The summed E-state index contributed by atoms with van der Waals surface area (Å²) in [6.45, 7) is 6.33. The van der Waals surface area contributed by atoms with E-state index in [1.807, 2.05) is 0 Å². The molecule has 0 rings (SSSR count). The van der Waals surface area contributed by atoms with Crippen LogP contribution in [0.1, 0.15) is 111 Å². The van der Waals surface area contributed by atoms with Crippen molar-refractivity contribution in [1.82, 2.24) is 0 Å². The van der Waals surface area contributed by atoms with Crippen LogP contribution in [-0.2, 0) is 9.53 Å². The Kier molecular flexibility index (Phi) is 19.4. The number of carbonyl (C=O) groups is 1. The molecule has 28 heavy (non-hydrogen) atoms. The summed E-state index contributed by atoms with van der Waals surface area (Å²) in [5, 5.41) is 0. The first-order valence-electron chi connectivity index (χ1n) is 11.5. The maximum absolute atomic E-state index is 14.4. The number of hydrogen-bond acceptors (Lipinski definition) is 2. The molecule has 0 amide bonds. The van der Waals surface area contributed by atoms with Crippen molar-refractivity contribution in [3.63, 3.8) is 0 Å². The highest BCUT2D eigenvalue weighted by Gasteiger charge is 2.15. The third-order valence-electron chi connectivity index (χ3n) is 4.75. The molecular weight excluding hydrogens is 351 g/mol. The lowest BCUT2D eigenvalue weighted by Gasteiger charge is -2.08. The van der Waals surface area contributed by atoms with Crippen LogP contribution in [0.15, 0.2) is 35.7 Å². The normalized spacial score (nSPS) is 11.4. The topological polar surface area (TPSA) is 26.3 Å². The van der Waals surface area contributed by atoms with E-state index in [9.17, 15) is 9.18 Å². The van der Waals surface area contributed by atoms with E-state index in [0.29, 0.717) is 18.4 Å². The Morgan fingerprint density at radius 2 is 1.14 bits per heavy atom. The second-order valence-corrected chi connectivity index (χ2v) is 7.36. The molecule has 0 aliphatic heterocycles. The lowest BCUT2D eigenvalue weighted by Crippen LogP contribution is -2.07. The molecule has 0 radical (unpaired) electrons. The van der Waals surface area contributed by atoms with Gasteiger partial charge in [0, 0.05) is 0 Å². The molecule has 0 aromatic carbocycles. The molecule has 162 valence electrons. The molecular formula is C25H43FO2. The number of hydrogen-bond donors (Lipinski definition) is 0. The molecule has 0 unspecified atom stereocenters. The molecule has 0 fully saturated rings. The summed E-state index contributed by atoms with van der Waals surface area (Å²) in [5.41, 5.74) is 0.622. The largest absolute Gasteiger partial charge is 0.461 e. The first-order valence-corrected chi connectivity index (χ1v) is 11.5. The molecule has 0 atom stereocenters. The van der Waals surface area contributed by atoms with Crippen molar-refractivity contribution < 1.29 is 13.9 Å². The number of halogens is 1. The number of unbranched alkanes of at least 4 members (excludes halogenated alkanes) is 8. The predicted molar refractivity (Wildman–Crippen MR) is 119 cm³/mol. The van der Waals surface area contributed by atoms with Gasteiger partial charge in [-0.05, 0) is 76.7 Å². The molecule has 0 aliphatic carbocycles. The van der Waals surface area contributed by atoms with E-state index in [2.05, 4.69) is 38.2 Å². The van der Waals surface area contributed by atoms with Gasteiger partial charge in [0.05, 0.1) is 6.61 Å². The zero-order valence-corrected chi connectivity index (χ0v) is 18.6. The molecule has 0 saturated carbocycles. The van der Waals surface area contributed by atoms with Crippen molar-refractivity contribution in [2.75, 3.05) is 6.61 Å². The minimum Gasteiger partial charge on any atom is -0.461 e. The van der Waals surface area contributed by atoms with Crippen molar-refractivity contribution in [2.24, 2.45) is 0 Å². The van der Waals surface area contributed by atoms with Gasteiger partial charge in [-0.25, -0.2) is 4.79 Å². The van der Waals surface area contributed by atoms with Crippen LogP contribution in [0.3, 0.4) is 0 Å². The van der Waals surface area contributed by atoms with E-state index >= 15 is 0 Å². The van der Waals surface area contributed by atoms with Crippen molar-refractivity contribution in [3.05, 3.63) is 35.7 Å². The fraction of sp³-hybridized carbons (Fsp3) is 0.720. The fourth-order valence-corrected chi connectivity index (χ4v) is 3.05. The molecule has 0 bridgehead atoms. The maximum atomic E-state index is 14.4. The number of rotatable bonds is 18. The van der Waals surface area contributed by atoms with E-state index in [1.54, 1.807) is 6.92 Å². The molecule has 0 saturated heterocycles. The van der Waals surface area contributed by atoms with Crippen LogP contribution < -0.4 is 0 Å². The van der Waals surface area contributed by atoms with Crippen LogP contribution in [0.5, 0.6) is 0 Å². The van der Waals surface area contributed by atoms with E-state index in [1.165, 1.54) is 38.5 Å². The fourth-order valence-electron chi connectivity index (χ4n) is 3.05. The van der Waals surface area contributed by atoms with Gasteiger partial charge < -0.3 is 4.74 Å². The quantitative estimate of drug-likeness (QED) is 0.101. The zero-order chi connectivity index (χ0) is 20.9. The van der Waals surface area contributed by atoms with Crippen molar-refractivity contribution >= 4 is 5.97 Å². The van der Waals surface area contributed by atoms with Gasteiger partial charge in [0.15, 0.2) is 0 Å². The summed E-state index contributed by atoms with van der Waals surface area (Å²) in [6.07, 6.45) is 23.5. The van der Waals surface area contributed by atoms with Gasteiger partial charge in [-0.1, -0.05) is 63.8 Å². The number of carbonyl (C=O) groups excluding carboxylic acids is 1. The Labute approximate surface area is 173 Å². The molecule has 2 nitrogen and oxygen atoms in total. The van der Waals surface area contributed by atoms with Crippen molar-refractivity contribution in [1.29, 1.82) is 0 Å². The highest BCUT2D eigenvalue weighted by atomic mass is 19.1. The average molecular weight is 395 g/mol. The standard InChI is InChI=1S/C25H43FO2/c1-4-7-9-11-13-15-17-19-21-23(24(26)25(27)28-6-3)22-20-18-16-14-12-10-8-5-2/h13-16H,4-12,17-22H2,1-3H3/b15-13-,16-14-. The van der Waals surface area contributed by atoms with Crippen LogP contribution in [0.2, 0.25) is 0 Å². The lowest BCUT2D eigenvalue weighted by atomic mass is 10.0. The number of allylic oxidation sites excluding steroid dienone is 5. The van der Waals surface area contributed by atoms with Crippen molar-refractivity contribution in [2.45, 2.75) is 111 Å². The van der Waals surface area contributed by atoms with Crippen molar-refractivity contribution in [3.8, 4) is 0 Å². The Balaban J connectivity index is 4.37. The van der Waals surface area contributed by atoms with Gasteiger partial charge >= 0.3 is 5.97 Å². The van der Waals surface area contributed by atoms with Crippen LogP contribution in [0.25, 0.3) is 0 Å². The first-order chi connectivity index (χ1) is 13.7. The van der Waals surface area contributed by atoms with Gasteiger partial charge in [0.1, 0.15) is 0 Å². The van der Waals surface area contributed by atoms with Gasteiger partial charge in [-0.15, -0.1) is 0 Å². The Hall–Kier alpha value is -1.38. The van der Waals surface area contributed by atoms with Gasteiger partial charge in [0.25, 0.3) is 0 Å². The maximum Gasteiger partial charge on any atom is 0.367 e. The van der Waals surface area contributed by atoms with Crippen LogP contribution in [-0.4, -0.2) is 12.6 Å². The van der Waals surface area contributed by atoms with Crippen LogP contribution in [0.4, 0.5) is 4.39 Å². The minimum absolute atomic E-state index is 0.209. The molecule has 3 heteroatoms. The predicted octanol–water partition coefficient (Wildman–Crippen LogP) is 8.39. The minimum atomic E-state index is -0.803. The second kappa shape index (κ2) is 20.4. The third kappa shape index (κ3) is 15.7. The average Bonchev–Trinajstić information content (AvgIpc) is 2.70. The summed E-state index contributed by atoms with van der Waals surface area (Å²) in [7, 11) is 0. The van der Waals surface area contributed by atoms with E-state index in [-0.39, 0.29) is 6.61 Å². The van der Waals surface area contributed by atoms with E-state index in [4.69, 9.17) is 4.74 Å². The van der Waals surface area contributed by atoms with Gasteiger partial charge in [0.2, 0.25) is 5.83 Å². The summed E-state index contributed by atoms with van der Waals surface area (Å²) < 4.78 is 19.3. The molecule has 0 spiro atoms. The summed E-state index contributed by atoms with van der Waals surface area (Å²) in [5.74, 6) is -1.47. The first kappa shape index (κ1) is 26.6. The molecule has 0 aromatic heterocycles. The Morgan fingerprint density at radius 1 is 0.714 bits per heavy atom. The third-order valence-corrected chi connectivity index (χ3v) is 4.75. The Morgan fingerprint density at radius 3 is 1.54 bits per heavy atom. The molecule has 0 aromatic rings. The van der Waals surface area contributed by atoms with Crippen LogP contribution >= 0.6 is 0 Å². The zero-order valence-electron chi connectivity index (χ0n) is 18.6. The highest BCUT2D eigenvalue weighted by Crippen LogP contribution is 2.22. The molecule has 0 N–H and O–H groups in total. The lowest BCUT2D eigenvalue weighted by molar-refractivity contribution is -0.140. The van der Waals surface area contributed by atoms with Gasteiger partial charge in [-0.2, -0.15) is 4.39 Å². The van der Waals surface area contributed by atoms with Crippen LogP contribution in [0, 0.1) is 0 Å². The molecule has 0 aliphatic rings. The molecule has 0 heterocycles. The van der Waals surface area contributed by atoms with E-state index in [0.717, 1.165) is 38.5 Å². The Bertz CT molecular complexity index is 435. The number of esters is 1. The SMILES string of the molecule is CCCCC/C=C\CCCC(CCC/C=C\CCCCC)=C(F)C(=O)OCC. The monoisotopic (exact) mass is 394 g/mol. The second-order valence-electron chi connectivity index (χ2n) is 7.36. The highest BCUT2D eigenvalue weighted by molar-refractivity contribution is 5.86. The summed E-state index contributed by atoms with van der Waals surface area (Å²) >= 11 is 0. The number of ether oxygens (including phenoxy) is 1. The smallest absolute Gasteiger partial charge is 0.367 e. The summed E-state index contributed by atoms with van der Waals surface area (Å²) in [4.78, 5) is 11.8. The summed E-state index contributed by atoms with van der Waals surface area (Å²) in [6, 6.07) is 0. The van der Waals surface area contributed by atoms with E-state index < -0.39 is 11.8 Å². The van der Waals surface area contributed by atoms with Gasteiger partial charge in [-0.3, -0.25) is 0 Å².